The maximum atomic E-state index is 5.83. The Balaban J connectivity index is 2.54. The molecular weight excluding hydrogens is 340 g/mol. The molecule has 1 aromatic heterocycles. The Hall–Kier alpha value is -0.260. The first-order valence-electron chi connectivity index (χ1n) is 8.74. The van der Waals surface area contributed by atoms with Gasteiger partial charge in [-0.2, -0.15) is 0 Å². The number of thiocarbonyl (C=S) groups is 1. The first kappa shape index (κ1) is 20.8. The van der Waals surface area contributed by atoms with E-state index >= 15 is 0 Å². The lowest BCUT2D eigenvalue weighted by Crippen LogP contribution is -2.10. The van der Waals surface area contributed by atoms with E-state index in [9.17, 15) is 0 Å². The van der Waals surface area contributed by atoms with Crippen LogP contribution in [-0.2, 0) is 0 Å². The van der Waals surface area contributed by atoms with Crippen molar-refractivity contribution in [3.8, 4) is 0 Å². The summed E-state index contributed by atoms with van der Waals surface area (Å²) < 4.78 is 0. The highest BCUT2D eigenvalue weighted by atomic mass is 32.2. The van der Waals surface area contributed by atoms with Gasteiger partial charge >= 0.3 is 0 Å². The largest absolute Gasteiger partial charge is 0.389 e. The quantitative estimate of drug-likeness (QED) is 0.259. The third kappa shape index (κ3) is 9.58. The van der Waals surface area contributed by atoms with E-state index in [1.165, 1.54) is 51.4 Å². The van der Waals surface area contributed by atoms with Crippen LogP contribution in [0.1, 0.15) is 70.8 Å². The zero-order chi connectivity index (χ0) is 16.9. The number of hydrogen-bond donors (Lipinski definition) is 1. The number of nitrogens with two attached hydrogens (primary N) is 1. The van der Waals surface area contributed by atoms with Gasteiger partial charge < -0.3 is 5.73 Å². The monoisotopic (exact) mass is 370 g/mol. The van der Waals surface area contributed by atoms with Crippen LogP contribution in [0.5, 0.6) is 0 Å². The lowest BCUT2D eigenvalue weighted by atomic mass is 10.2. The van der Waals surface area contributed by atoms with E-state index in [2.05, 4.69) is 13.8 Å². The predicted molar refractivity (Wildman–Crippen MR) is 110 cm³/mol. The number of hydrogen-bond acceptors (Lipinski definition) is 4. The minimum Gasteiger partial charge on any atom is -0.389 e. The van der Waals surface area contributed by atoms with Crippen molar-refractivity contribution in [3.63, 3.8) is 0 Å². The molecule has 0 aliphatic heterocycles. The van der Waals surface area contributed by atoms with Crippen LogP contribution in [0.3, 0.4) is 0 Å². The molecule has 0 saturated carbocycles. The predicted octanol–water partition coefficient (Wildman–Crippen LogP) is 6.06. The Kier molecular flexibility index (Phi) is 11.8. The summed E-state index contributed by atoms with van der Waals surface area (Å²) >= 11 is 8.80. The Morgan fingerprint density at radius 3 is 1.78 bits per heavy atom. The first-order valence-corrected chi connectivity index (χ1v) is 11.1. The van der Waals surface area contributed by atoms with Gasteiger partial charge in [0.1, 0.15) is 4.99 Å². The fraction of sp³-hybridized carbons (Fsp3) is 0.667. The molecule has 0 aliphatic carbocycles. The number of nitrogens with zero attached hydrogens (tertiary/aromatic N) is 1. The molecule has 130 valence electrons. The Bertz CT molecular complexity index is 431. The smallest absolute Gasteiger partial charge is 0.104 e. The summed E-state index contributed by atoms with van der Waals surface area (Å²) in [5, 5.41) is 2.12. The molecule has 2 N–H and O–H groups in total. The van der Waals surface area contributed by atoms with E-state index in [0.717, 1.165) is 27.1 Å². The molecule has 0 spiro atoms. The van der Waals surface area contributed by atoms with Crippen molar-refractivity contribution >= 4 is 40.7 Å². The number of thioether (sulfide) groups is 2. The van der Waals surface area contributed by atoms with Gasteiger partial charge in [-0.05, 0) is 36.5 Å². The third-order valence-corrected chi connectivity index (χ3v) is 5.79. The van der Waals surface area contributed by atoms with Crippen LogP contribution >= 0.6 is 35.7 Å². The minimum absolute atomic E-state index is 0.466. The van der Waals surface area contributed by atoms with Gasteiger partial charge in [-0.3, -0.25) is 0 Å². The standard InChI is InChI=1S/C18H30N2S3/c1-3-5-7-9-11-22-16-13-15(18(19)21)14-17(20-16)23-12-10-8-6-4-2/h13-14H,3-12H2,1-2H3,(H2,19,21). The molecule has 0 radical (unpaired) electrons. The van der Waals surface area contributed by atoms with Crippen molar-refractivity contribution < 1.29 is 0 Å². The Morgan fingerprint density at radius 2 is 1.39 bits per heavy atom. The van der Waals surface area contributed by atoms with E-state index in [-0.39, 0.29) is 0 Å². The molecule has 0 saturated heterocycles. The van der Waals surface area contributed by atoms with Crippen molar-refractivity contribution in [3.05, 3.63) is 17.7 Å². The molecule has 0 amide bonds. The molecule has 1 heterocycles. The van der Waals surface area contributed by atoms with Crippen molar-refractivity contribution in [1.29, 1.82) is 0 Å². The van der Waals surface area contributed by atoms with Gasteiger partial charge in [0.05, 0.1) is 10.1 Å². The summed E-state index contributed by atoms with van der Waals surface area (Å²) in [7, 11) is 0. The van der Waals surface area contributed by atoms with Crippen molar-refractivity contribution in [2.45, 2.75) is 75.3 Å². The Labute approximate surface area is 155 Å². The second-order valence-corrected chi connectivity index (χ2v) is 8.39. The number of aromatic nitrogens is 1. The van der Waals surface area contributed by atoms with Crippen LogP contribution in [0.2, 0.25) is 0 Å². The minimum atomic E-state index is 0.466. The average molecular weight is 371 g/mol. The highest BCUT2D eigenvalue weighted by molar-refractivity contribution is 7.99. The maximum absolute atomic E-state index is 5.83. The maximum Gasteiger partial charge on any atom is 0.104 e. The van der Waals surface area contributed by atoms with Gasteiger partial charge in [-0.25, -0.2) is 4.98 Å². The van der Waals surface area contributed by atoms with E-state index in [4.69, 9.17) is 22.9 Å². The molecule has 2 nitrogen and oxygen atoms in total. The second kappa shape index (κ2) is 13.1. The summed E-state index contributed by atoms with van der Waals surface area (Å²) in [4.78, 5) is 5.23. The fourth-order valence-electron chi connectivity index (χ4n) is 2.18. The molecule has 0 fully saturated rings. The molecule has 0 aromatic carbocycles. The van der Waals surface area contributed by atoms with E-state index in [1.54, 1.807) is 0 Å². The number of unbranched alkanes of at least 4 members (excludes halogenated alkanes) is 6. The third-order valence-electron chi connectivity index (χ3n) is 3.56. The molecule has 23 heavy (non-hydrogen) atoms. The molecule has 0 bridgehead atoms. The highest BCUT2D eigenvalue weighted by Gasteiger charge is 2.06. The van der Waals surface area contributed by atoms with E-state index in [0.29, 0.717) is 4.99 Å². The van der Waals surface area contributed by atoms with E-state index in [1.807, 2.05) is 35.7 Å². The summed E-state index contributed by atoms with van der Waals surface area (Å²) in [6.45, 7) is 4.48. The van der Waals surface area contributed by atoms with Gasteiger partial charge in [0, 0.05) is 5.56 Å². The second-order valence-electron chi connectivity index (χ2n) is 5.71. The highest BCUT2D eigenvalue weighted by Crippen LogP contribution is 2.25. The summed E-state index contributed by atoms with van der Waals surface area (Å²) in [5.74, 6) is 2.24. The normalized spacial score (nSPS) is 10.9. The molecule has 1 rings (SSSR count). The van der Waals surface area contributed by atoms with Crippen molar-refractivity contribution in [1.82, 2.24) is 4.98 Å². The fourth-order valence-corrected chi connectivity index (χ4v) is 4.22. The van der Waals surface area contributed by atoms with Gasteiger partial charge in [-0.15, -0.1) is 23.5 Å². The number of pyridine rings is 1. The van der Waals surface area contributed by atoms with Crippen LogP contribution in [0.15, 0.2) is 22.2 Å². The summed E-state index contributed by atoms with van der Waals surface area (Å²) in [5.41, 5.74) is 6.77. The van der Waals surface area contributed by atoms with Gasteiger partial charge in [0.2, 0.25) is 0 Å². The van der Waals surface area contributed by atoms with Gasteiger partial charge in [-0.1, -0.05) is 64.6 Å². The zero-order valence-electron chi connectivity index (χ0n) is 14.5. The van der Waals surface area contributed by atoms with Crippen LogP contribution in [0, 0.1) is 0 Å². The van der Waals surface area contributed by atoms with E-state index < -0.39 is 0 Å². The lowest BCUT2D eigenvalue weighted by Gasteiger charge is -2.08. The zero-order valence-corrected chi connectivity index (χ0v) is 16.9. The Morgan fingerprint density at radius 1 is 0.913 bits per heavy atom. The SMILES string of the molecule is CCCCCCSc1cc(C(N)=S)cc(SCCCCCC)n1. The first-order chi connectivity index (χ1) is 11.2. The molecule has 0 unspecified atom stereocenters. The summed E-state index contributed by atoms with van der Waals surface area (Å²) in [6.07, 6.45) is 10.3. The van der Waals surface area contributed by atoms with Crippen molar-refractivity contribution in [2.24, 2.45) is 5.73 Å². The van der Waals surface area contributed by atoms with Crippen molar-refractivity contribution in [2.75, 3.05) is 11.5 Å². The molecule has 5 heteroatoms. The molecule has 1 aromatic rings. The molecule has 0 aliphatic rings. The average Bonchev–Trinajstić information content (AvgIpc) is 2.54. The van der Waals surface area contributed by atoms with Gasteiger partial charge in [0.15, 0.2) is 0 Å². The summed E-state index contributed by atoms with van der Waals surface area (Å²) in [6, 6.07) is 4.07. The lowest BCUT2D eigenvalue weighted by molar-refractivity contribution is 0.706. The van der Waals surface area contributed by atoms with Gasteiger partial charge in [0.25, 0.3) is 0 Å². The van der Waals surface area contributed by atoms with Crippen LogP contribution in [-0.4, -0.2) is 21.5 Å². The molecule has 0 atom stereocenters. The van der Waals surface area contributed by atoms with Crippen LogP contribution in [0.4, 0.5) is 0 Å². The number of rotatable bonds is 13. The topological polar surface area (TPSA) is 38.9 Å². The molecular formula is C18H30N2S3. The van der Waals surface area contributed by atoms with Crippen LogP contribution < -0.4 is 5.73 Å². The van der Waals surface area contributed by atoms with Crippen LogP contribution in [0.25, 0.3) is 0 Å².